The summed E-state index contributed by atoms with van der Waals surface area (Å²) >= 11 is 0. The second kappa shape index (κ2) is 6.21. The van der Waals surface area contributed by atoms with Crippen molar-refractivity contribution in [3.05, 3.63) is 53.9 Å². The Morgan fingerprint density at radius 3 is 2.23 bits per heavy atom. The van der Waals surface area contributed by atoms with Gasteiger partial charge in [-0.2, -0.15) is 0 Å². The van der Waals surface area contributed by atoms with Gasteiger partial charge in [0.15, 0.2) is 0 Å². The number of hydrogen-bond donors (Lipinski definition) is 1. The van der Waals surface area contributed by atoms with E-state index in [2.05, 4.69) is 4.98 Å². The largest absolute Gasteiger partial charge is 0.495 e. The maximum Gasteiger partial charge on any atom is 0.238 e. The van der Waals surface area contributed by atoms with Gasteiger partial charge in [0.25, 0.3) is 0 Å². The molecule has 0 atom stereocenters. The Morgan fingerprint density at radius 2 is 1.73 bits per heavy atom. The van der Waals surface area contributed by atoms with Gasteiger partial charge in [-0.15, -0.1) is 0 Å². The van der Waals surface area contributed by atoms with E-state index in [-0.39, 0.29) is 4.90 Å². The van der Waals surface area contributed by atoms with E-state index < -0.39 is 10.0 Å². The molecule has 2 N–H and O–H groups in total. The Bertz CT molecular complexity index is 957. The Kier molecular flexibility index (Phi) is 4.12. The minimum absolute atomic E-state index is 0.141. The molecule has 1 fully saturated rings. The van der Waals surface area contributed by atoms with Crippen LogP contribution < -0.4 is 9.88 Å². The van der Waals surface area contributed by atoms with Crippen LogP contribution in [0.3, 0.4) is 0 Å². The van der Waals surface area contributed by atoms with Crippen LogP contribution in [0.2, 0.25) is 0 Å². The van der Waals surface area contributed by atoms with Gasteiger partial charge in [0.05, 0.1) is 23.9 Å². The van der Waals surface area contributed by atoms with Gasteiger partial charge in [-0.3, -0.25) is 4.98 Å². The third-order valence-electron chi connectivity index (χ3n) is 5.69. The molecular formula is C20H22N2O3S. The van der Waals surface area contributed by atoms with Crippen molar-refractivity contribution in [2.45, 2.75) is 37.0 Å². The lowest BCUT2D eigenvalue weighted by Crippen LogP contribution is -2.26. The van der Waals surface area contributed by atoms with Crippen LogP contribution in [-0.2, 0) is 10.0 Å². The van der Waals surface area contributed by atoms with Crippen LogP contribution in [0, 0.1) is 5.41 Å². The van der Waals surface area contributed by atoms with Gasteiger partial charge in [0.1, 0.15) is 5.75 Å². The van der Waals surface area contributed by atoms with E-state index in [1.165, 1.54) is 30.4 Å². The molecule has 6 heteroatoms. The van der Waals surface area contributed by atoms with Gasteiger partial charge in [-0.1, -0.05) is 18.6 Å². The smallest absolute Gasteiger partial charge is 0.238 e. The highest BCUT2D eigenvalue weighted by Crippen LogP contribution is 2.59. The van der Waals surface area contributed by atoms with E-state index in [4.69, 9.17) is 9.88 Å². The predicted octanol–water partition coefficient (Wildman–Crippen LogP) is 3.61. The highest BCUT2D eigenvalue weighted by Gasteiger charge is 2.44. The highest BCUT2D eigenvalue weighted by atomic mass is 32.2. The molecule has 0 unspecified atom stereocenters. The number of pyridine rings is 1. The maximum absolute atomic E-state index is 11.5. The molecule has 0 amide bonds. The molecule has 1 aromatic heterocycles. The highest BCUT2D eigenvalue weighted by molar-refractivity contribution is 7.89. The number of rotatable bonds is 4. The molecule has 1 heterocycles. The Labute approximate surface area is 154 Å². The fraction of sp³-hybridized carbons (Fsp3) is 0.350. The maximum atomic E-state index is 11.5. The van der Waals surface area contributed by atoms with Crippen LogP contribution in [0.1, 0.15) is 43.4 Å². The zero-order chi connectivity index (χ0) is 18.4. The number of nitrogens with zero attached hydrogens (tertiary/aromatic N) is 1. The van der Waals surface area contributed by atoms with Crippen LogP contribution in [0.25, 0.3) is 11.1 Å². The first-order chi connectivity index (χ1) is 12.4. The predicted molar refractivity (Wildman–Crippen MR) is 101 cm³/mol. The van der Waals surface area contributed by atoms with E-state index in [1.807, 2.05) is 24.3 Å². The van der Waals surface area contributed by atoms with Crippen molar-refractivity contribution in [3.63, 3.8) is 0 Å². The number of benzene rings is 1. The van der Waals surface area contributed by atoms with Gasteiger partial charge in [-0.05, 0) is 72.1 Å². The van der Waals surface area contributed by atoms with Crippen LogP contribution in [0.15, 0.2) is 47.5 Å². The van der Waals surface area contributed by atoms with Gasteiger partial charge in [-0.25, -0.2) is 13.6 Å². The van der Waals surface area contributed by atoms with Gasteiger partial charge >= 0.3 is 0 Å². The fourth-order valence-corrected chi connectivity index (χ4v) is 4.62. The number of ether oxygens (including phenoxy) is 1. The van der Waals surface area contributed by atoms with Crippen molar-refractivity contribution in [1.82, 2.24) is 4.98 Å². The lowest BCUT2D eigenvalue weighted by Gasteiger charge is -2.39. The average Bonchev–Trinajstić information content (AvgIpc) is 3.03. The molecule has 1 aromatic carbocycles. The van der Waals surface area contributed by atoms with Crippen molar-refractivity contribution in [1.29, 1.82) is 0 Å². The summed E-state index contributed by atoms with van der Waals surface area (Å²) in [6, 6.07) is 10.8. The Morgan fingerprint density at radius 1 is 1.04 bits per heavy atom. The average molecular weight is 370 g/mol. The van der Waals surface area contributed by atoms with Crippen LogP contribution in [-0.4, -0.2) is 20.5 Å². The summed E-state index contributed by atoms with van der Waals surface area (Å²) in [5, 5.41) is 5.22. The first-order valence-corrected chi connectivity index (χ1v) is 10.3. The molecule has 26 heavy (non-hydrogen) atoms. The van der Waals surface area contributed by atoms with Gasteiger partial charge in [0, 0.05) is 0 Å². The molecule has 1 spiro atoms. The second-order valence-corrected chi connectivity index (χ2v) is 8.88. The summed E-state index contributed by atoms with van der Waals surface area (Å²) in [6.45, 7) is 0. The zero-order valence-electron chi connectivity index (χ0n) is 14.7. The number of allylic oxidation sites excluding steroid dienone is 2. The second-order valence-electron chi connectivity index (χ2n) is 7.32. The molecule has 2 aromatic rings. The van der Waals surface area contributed by atoms with E-state index >= 15 is 0 Å². The van der Waals surface area contributed by atoms with E-state index in [9.17, 15) is 8.42 Å². The van der Waals surface area contributed by atoms with Crippen molar-refractivity contribution < 1.29 is 13.2 Å². The minimum Gasteiger partial charge on any atom is -0.495 e. The van der Waals surface area contributed by atoms with E-state index in [0.717, 1.165) is 29.8 Å². The number of methoxy groups -OCH3 is 1. The van der Waals surface area contributed by atoms with Crippen LogP contribution in [0.4, 0.5) is 0 Å². The number of hydrogen-bond acceptors (Lipinski definition) is 4. The zero-order valence-corrected chi connectivity index (χ0v) is 15.6. The molecule has 0 bridgehead atoms. The topological polar surface area (TPSA) is 82.3 Å². The van der Waals surface area contributed by atoms with Crippen molar-refractivity contribution in [3.8, 4) is 5.75 Å². The first kappa shape index (κ1) is 17.2. The van der Waals surface area contributed by atoms with E-state index in [0.29, 0.717) is 5.41 Å². The van der Waals surface area contributed by atoms with Crippen molar-refractivity contribution in [2.75, 3.05) is 7.11 Å². The molecule has 0 radical (unpaired) electrons. The molecule has 5 nitrogen and oxygen atoms in total. The van der Waals surface area contributed by atoms with Crippen LogP contribution >= 0.6 is 0 Å². The SMILES string of the molecule is COc1ccc(C2=C(c3ccc(S(N)(=O)=O)cc3)CC3(CCC3)C2)nc1. The van der Waals surface area contributed by atoms with Crippen molar-refractivity contribution in [2.24, 2.45) is 10.6 Å². The summed E-state index contributed by atoms with van der Waals surface area (Å²) in [6.07, 6.45) is 7.55. The summed E-state index contributed by atoms with van der Waals surface area (Å²) < 4.78 is 28.2. The molecule has 1 saturated carbocycles. The third-order valence-corrected chi connectivity index (χ3v) is 6.62. The summed E-state index contributed by atoms with van der Waals surface area (Å²) in [5.74, 6) is 0.741. The summed E-state index contributed by atoms with van der Waals surface area (Å²) in [5.41, 5.74) is 4.90. The summed E-state index contributed by atoms with van der Waals surface area (Å²) in [4.78, 5) is 4.73. The fourth-order valence-electron chi connectivity index (χ4n) is 4.10. The van der Waals surface area contributed by atoms with E-state index in [1.54, 1.807) is 25.4 Å². The number of sulfonamides is 1. The van der Waals surface area contributed by atoms with Gasteiger partial charge in [0.2, 0.25) is 10.0 Å². The molecular weight excluding hydrogens is 348 g/mol. The third kappa shape index (κ3) is 3.04. The Balaban J connectivity index is 1.75. The molecule has 2 aliphatic rings. The standard InChI is InChI=1S/C20H22N2O3S/c1-25-15-5-8-19(22-13-15)18-12-20(9-2-10-20)11-17(18)14-3-6-16(7-4-14)26(21,23)24/h3-8,13H,2,9-12H2,1H3,(H2,21,23,24). The lowest BCUT2D eigenvalue weighted by molar-refractivity contribution is 0.157. The number of nitrogens with two attached hydrogens (primary N) is 1. The normalized spacial score (nSPS) is 18.8. The monoisotopic (exact) mass is 370 g/mol. The minimum atomic E-state index is -3.68. The number of aromatic nitrogens is 1. The van der Waals surface area contributed by atoms with Crippen molar-refractivity contribution >= 4 is 21.2 Å². The lowest BCUT2D eigenvalue weighted by atomic mass is 9.66. The molecule has 0 aliphatic heterocycles. The first-order valence-electron chi connectivity index (χ1n) is 8.76. The molecule has 0 saturated heterocycles. The molecule has 136 valence electrons. The summed E-state index contributed by atoms with van der Waals surface area (Å²) in [7, 11) is -2.04. The molecule has 2 aliphatic carbocycles. The number of primary sulfonamides is 1. The van der Waals surface area contributed by atoms with Crippen LogP contribution in [0.5, 0.6) is 5.75 Å². The molecule has 4 rings (SSSR count). The van der Waals surface area contributed by atoms with Gasteiger partial charge < -0.3 is 4.74 Å². The quantitative estimate of drug-likeness (QED) is 0.891. The Hall–Kier alpha value is -2.18.